The van der Waals surface area contributed by atoms with E-state index in [2.05, 4.69) is 5.32 Å². The average molecular weight is 300 g/mol. The molecule has 2 amide bonds. The van der Waals surface area contributed by atoms with E-state index in [1.54, 1.807) is 6.92 Å². The molecule has 118 valence electrons. The van der Waals surface area contributed by atoms with Crippen LogP contribution in [-0.2, 0) is 6.42 Å². The topological polar surface area (TPSA) is 52.6 Å². The molecule has 0 fully saturated rings. The van der Waals surface area contributed by atoms with Gasteiger partial charge in [-0.25, -0.2) is 13.6 Å². The molecule has 0 radical (unpaired) electrons. The lowest BCUT2D eigenvalue weighted by molar-refractivity contribution is 0.119. The number of rotatable bonds is 6. The van der Waals surface area contributed by atoms with Crippen LogP contribution in [0.5, 0.6) is 0 Å². The van der Waals surface area contributed by atoms with Gasteiger partial charge >= 0.3 is 6.03 Å². The van der Waals surface area contributed by atoms with Gasteiger partial charge in [0, 0.05) is 25.2 Å². The molecular weight excluding hydrogens is 278 g/mol. The molecule has 1 aromatic rings. The molecule has 0 aromatic heterocycles. The van der Waals surface area contributed by atoms with Crippen LogP contribution in [0.1, 0.15) is 26.3 Å². The maximum Gasteiger partial charge on any atom is 0.317 e. The minimum Gasteiger partial charge on any atom is -0.392 e. The van der Waals surface area contributed by atoms with E-state index in [0.717, 1.165) is 6.07 Å². The minimum absolute atomic E-state index is 0.0498. The molecule has 2 N–H and O–H groups in total. The fourth-order valence-corrected chi connectivity index (χ4v) is 1.98. The van der Waals surface area contributed by atoms with E-state index in [-0.39, 0.29) is 25.2 Å². The first-order chi connectivity index (χ1) is 9.79. The van der Waals surface area contributed by atoms with Crippen LogP contribution in [0, 0.1) is 11.6 Å². The fourth-order valence-electron chi connectivity index (χ4n) is 1.98. The minimum atomic E-state index is -0.630. The number of nitrogens with one attached hydrogen (secondary N) is 1. The molecule has 1 aromatic carbocycles. The molecule has 0 heterocycles. The average Bonchev–Trinajstić information content (AvgIpc) is 2.34. The third-order valence-electron chi connectivity index (χ3n) is 2.96. The zero-order valence-electron chi connectivity index (χ0n) is 12.6. The van der Waals surface area contributed by atoms with Gasteiger partial charge < -0.3 is 15.3 Å². The Hall–Kier alpha value is -1.69. The monoisotopic (exact) mass is 300 g/mol. The lowest BCUT2D eigenvalue weighted by Gasteiger charge is -2.28. The van der Waals surface area contributed by atoms with E-state index in [0.29, 0.717) is 12.0 Å². The number of carbonyl (C=O) groups is 1. The summed E-state index contributed by atoms with van der Waals surface area (Å²) >= 11 is 0. The molecule has 1 atom stereocenters. The van der Waals surface area contributed by atoms with Gasteiger partial charge in [-0.1, -0.05) is 0 Å². The Balaban J connectivity index is 2.51. The number of urea groups is 1. The number of nitrogens with zero attached hydrogens (tertiary/aromatic N) is 1. The number of amides is 2. The van der Waals surface area contributed by atoms with Crippen LogP contribution >= 0.6 is 0 Å². The largest absolute Gasteiger partial charge is 0.392 e. The summed E-state index contributed by atoms with van der Waals surface area (Å²) in [5, 5.41) is 12.1. The highest BCUT2D eigenvalue weighted by Gasteiger charge is 2.18. The van der Waals surface area contributed by atoms with Crippen molar-refractivity contribution in [3.63, 3.8) is 0 Å². The molecule has 0 aliphatic carbocycles. The molecule has 0 bridgehead atoms. The van der Waals surface area contributed by atoms with Gasteiger partial charge in [-0.2, -0.15) is 0 Å². The van der Waals surface area contributed by atoms with Gasteiger partial charge in [-0.3, -0.25) is 0 Å². The van der Waals surface area contributed by atoms with Crippen LogP contribution in [0.2, 0.25) is 0 Å². The van der Waals surface area contributed by atoms with Crippen molar-refractivity contribution in [2.45, 2.75) is 39.3 Å². The van der Waals surface area contributed by atoms with Crippen LogP contribution in [0.15, 0.2) is 18.2 Å². The van der Waals surface area contributed by atoms with E-state index >= 15 is 0 Å². The second-order valence-corrected chi connectivity index (χ2v) is 5.35. The van der Waals surface area contributed by atoms with Gasteiger partial charge in [0.1, 0.15) is 11.6 Å². The first-order valence-corrected chi connectivity index (χ1v) is 6.97. The summed E-state index contributed by atoms with van der Waals surface area (Å²) in [6, 6.07) is 2.94. The summed E-state index contributed by atoms with van der Waals surface area (Å²) in [5.41, 5.74) is 0.486. The van der Waals surface area contributed by atoms with Gasteiger partial charge in [0.05, 0.1) is 6.10 Å². The van der Waals surface area contributed by atoms with E-state index in [1.807, 2.05) is 13.8 Å². The summed E-state index contributed by atoms with van der Waals surface area (Å²) in [6.45, 7) is 5.81. The molecule has 4 nitrogen and oxygen atoms in total. The number of aliphatic hydroxyl groups excluding tert-OH is 1. The van der Waals surface area contributed by atoms with Gasteiger partial charge in [-0.15, -0.1) is 0 Å². The van der Waals surface area contributed by atoms with E-state index < -0.39 is 17.7 Å². The van der Waals surface area contributed by atoms with Gasteiger partial charge in [0.25, 0.3) is 0 Å². The highest BCUT2D eigenvalue weighted by atomic mass is 19.1. The molecule has 6 heteroatoms. The van der Waals surface area contributed by atoms with Crippen molar-refractivity contribution < 1.29 is 18.7 Å². The SMILES string of the molecule is CC(O)CN(C(=O)NCCc1cc(F)cc(F)c1)C(C)C. The quantitative estimate of drug-likeness (QED) is 0.847. The summed E-state index contributed by atoms with van der Waals surface area (Å²) in [4.78, 5) is 13.5. The third kappa shape index (κ3) is 6.08. The smallest absolute Gasteiger partial charge is 0.317 e. The Morgan fingerprint density at radius 3 is 2.29 bits per heavy atom. The Labute approximate surface area is 123 Å². The highest BCUT2D eigenvalue weighted by molar-refractivity contribution is 5.74. The van der Waals surface area contributed by atoms with Gasteiger partial charge in [0.15, 0.2) is 0 Å². The molecular formula is C15H22F2N2O2. The number of benzene rings is 1. The number of aliphatic hydroxyl groups is 1. The Kier molecular flexibility index (Phi) is 6.55. The first-order valence-electron chi connectivity index (χ1n) is 6.97. The number of hydrogen-bond acceptors (Lipinski definition) is 2. The van der Waals surface area contributed by atoms with Gasteiger partial charge in [0.2, 0.25) is 0 Å². The van der Waals surface area contributed by atoms with E-state index in [4.69, 9.17) is 0 Å². The lowest BCUT2D eigenvalue weighted by atomic mass is 10.1. The molecule has 1 unspecified atom stereocenters. The maximum absolute atomic E-state index is 13.0. The normalized spacial score (nSPS) is 12.3. The van der Waals surface area contributed by atoms with E-state index in [1.165, 1.54) is 17.0 Å². The summed E-state index contributed by atoms with van der Waals surface area (Å²) in [7, 11) is 0. The summed E-state index contributed by atoms with van der Waals surface area (Å²) in [5.74, 6) is -1.26. The van der Waals surface area contributed by atoms with Crippen LogP contribution in [0.3, 0.4) is 0 Å². The Bertz CT molecular complexity index is 458. The Morgan fingerprint density at radius 2 is 1.81 bits per heavy atom. The molecule has 0 saturated heterocycles. The third-order valence-corrected chi connectivity index (χ3v) is 2.96. The summed E-state index contributed by atoms with van der Waals surface area (Å²) < 4.78 is 26.1. The van der Waals surface area contributed by atoms with Gasteiger partial charge in [-0.05, 0) is 44.9 Å². The van der Waals surface area contributed by atoms with E-state index in [9.17, 15) is 18.7 Å². The van der Waals surface area contributed by atoms with Crippen molar-refractivity contribution in [3.05, 3.63) is 35.4 Å². The summed E-state index contributed by atoms with van der Waals surface area (Å²) in [6.07, 6.45) is -0.281. The standard InChI is InChI=1S/C15H22F2N2O2/c1-10(2)19(9-11(3)20)15(21)18-5-4-12-6-13(16)8-14(17)7-12/h6-8,10-11,20H,4-5,9H2,1-3H3,(H,18,21). The second-order valence-electron chi connectivity index (χ2n) is 5.35. The van der Waals surface area contributed by atoms with Crippen LogP contribution in [0.4, 0.5) is 13.6 Å². The molecule has 0 aliphatic heterocycles. The van der Waals surface area contributed by atoms with Crippen molar-refractivity contribution in [2.75, 3.05) is 13.1 Å². The van der Waals surface area contributed by atoms with Crippen LogP contribution in [-0.4, -0.2) is 41.3 Å². The number of halogens is 2. The predicted octanol–water partition coefficient (Wildman–Crippen LogP) is 2.31. The first kappa shape index (κ1) is 17.4. The fraction of sp³-hybridized carbons (Fsp3) is 0.533. The molecule has 21 heavy (non-hydrogen) atoms. The maximum atomic E-state index is 13.0. The highest BCUT2D eigenvalue weighted by Crippen LogP contribution is 2.08. The molecule has 0 aliphatic rings. The molecule has 0 saturated carbocycles. The van der Waals surface area contributed by atoms with Crippen molar-refractivity contribution in [3.8, 4) is 0 Å². The number of hydrogen-bond donors (Lipinski definition) is 2. The van der Waals surface area contributed by atoms with Crippen molar-refractivity contribution in [1.82, 2.24) is 10.2 Å². The zero-order chi connectivity index (χ0) is 16.0. The molecule has 0 spiro atoms. The van der Waals surface area contributed by atoms with Crippen molar-refractivity contribution >= 4 is 6.03 Å². The Morgan fingerprint density at radius 1 is 1.24 bits per heavy atom. The zero-order valence-corrected chi connectivity index (χ0v) is 12.6. The molecule has 1 rings (SSSR count). The van der Waals surface area contributed by atoms with Crippen molar-refractivity contribution in [1.29, 1.82) is 0 Å². The predicted molar refractivity (Wildman–Crippen MR) is 77.0 cm³/mol. The second kappa shape index (κ2) is 7.93. The van der Waals surface area contributed by atoms with Crippen molar-refractivity contribution in [2.24, 2.45) is 0 Å². The van der Waals surface area contributed by atoms with Crippen LogP contribution < -0.4 is 5.32 Å². The number of carbonyl (C=O) groups excluding carboxylic acids is 1. The van der Waals surface area contributed by atoms with Crippen LogP contribution in [0.25, 0.3) is 0 Å². The lowest BCUT2D eigenvalue weighted by Crippen LogP contribution is -2.47.